The van der Waals surface area contributed by atoms with Gasteiger partial charge in [0.15, 0.2) is 0 Å². The number of hydrogen-bond donors (Lipinski definition) is 3. The molecular formula is C19H29N3O3. The van der Waals surface area contributed by atoms with Crippen LogP contribution in [0.2, 0.25) is 0 Å². The zero-order valence-electron chi connectivity index (χ0n) is 15.3. The molecule has 6 nitrogen and oxygen atoms in total. The molecule has 1 aromatic carbocycles. The number of piperidine rings is 1. The normalized spacial score (nSPS) is 17.6. The first-order chi connectivity index (χ1) is 12.0. The van der Waals surface area contributed by atoms with Crippen LogP contribution in [-0.2, 0) is 14.3 Å². The third kappa shape index (κ3) is 6.14. The summed E-state index contributed by atoms with van der Waals surface area (Å²) in [5.74, 6) is 0.769. The summed E-state index contributed by atoms with van der Waals surface area (Å²) in [6.45, 7) is 5.91. The first kappa shape index (κ1) is 19.4. The van der Waals surface area contributed by atoms with Gasteiger partial charge < -0.3 is 20.7 Å². The number of carbonyl (C=O) groups excluding carboxylic acids is 2. The number of rotatable bonds is 7. The molecule has 1 saturated heterocycles. The SMILES string of the molecule is COC(C)C(=O)Nc1cccc(NC(=O)CC(C)C2CCNCC2)c1. The minimum Gasteiger partial charge on any atom is -0.372 e. The van der Waals surface area contributed by atoms with Crippen molar-refractivity contribution in [2.24, 2.45) is 11.8 Å². The lowest BCUT2D eigenvalue weighted by atomic mass is 9.84. The fraction of sp³-hybridized carbons (Fsp3) is 0.579. The molecule has 1 aliphatic rings. The molecule has 2 atom stereocenters. The van der Waals surface area contributed by atoms with Crippen LogP contribution in [0, 0.1) is 11.8 Å². The second-order valence-corrected chi connectivity index (χ2v) is 6.77. The number of amides is 2. The van der Waals surface area contributed by atoms with Gasteiger partial charge in [0.2, 0.25) is 5.91 Å². The highest BCUT2D eigenvalue weighted by Crippen LogP contribution is 2.25. The van der Waals surface area contributed by atoms with E-state index in [1.807, 2.05) is 6.07 Å². The molecule has 2 unspecified atom stereocenters. The Kier molecular flexibility index (Phi) is 7.40. The van der Waals surface area contributed by atoms with E-state index < -0.39 is 6.10 Å². The third-order valence-electron chi connectivity index (χ3n) is 4.83. The van der Waals surface area contributed by atoms with Crippen molar-refractivity contribution >= 4 is 23.2 Å². The van der Waals surface area contributed by atoms with Crippen molar-refractivity contribution in [3.63, 3.8) is 0 Å². The van der Waals surface area contributed by atoms with E-state index in [0.717, 1.165) is 25.9 Å². The molecule has 138 valence electrons. The predicted octanol–water partition coefficient (Wildman–Crippen LogP) is 2.62. The molecule has 0 aromatic heterocycles. The lowest BCUT2D eigenvalue weighted by Crippen LogP contribution is -2.32. The van der Waals surface area contributed by atoms with Gasteiger partial charge in [0.1, 0.15) is 6.10 Å². The summed E-state index contributed by atoms with van der Waals surface area (Å²) in [6, 6.07) is 7.17. The van der Waals surface area contributed by atoms with Gasteiger partial charge in [-0.25, -0.2) is 0 Å². The summed E-state index contributed by atoms with van der Waals surface area (Å²) in [5, 5.41) is 9.06. The predicted molar refractivity (Wildman–Crippen MR) is 99.5 cm³/mol. The molecule has 0 aliphatic carbocycles. The molecule has 25 heavy (non-hydrogen) atoms. The van der Waals surface area contributed by atoms with Crippen LogP contribution in [0.15, 0.2) is 24.3 Å². The lowest BCUT2D eigenvalue weighted by molar-refractivity contribution is -0.124. The van der Waals surface area contributed by atoms with Crippen molar-refractivity contribution < 1.29 is 14.3 Å². The Hall–Kier alpha value is -1.92. The summed E-state index contributed by atoms with van der Waals surface area (Å²) in [7, 11) is 1.49. The summed E-state index contributed by atoms with van der Waals surface area (Å²) in [6.07, 6.45) is 2.26. The van der Waals surface area contributed by atoms with Gasteiger partial charge in [-0.15, -0.1) is 0 Å². The van der Waals surface area contributed by atoms with Crippen LogP contribution in [0.5, 0.6) is 0 Å². The molecule has 1 aromatic rings. The zero-order valence-corrected chi connectivity index (χ0v) is 15.3. The third-order valence-corrected chi connectivity index (χ3v) is 4.83. The van der Waals surface area contributed by atoms with Crippen LogP contribution in [0.4, 0.5) is 11.4 Å². The van der Waals surface area contributed by atoms with E-state index in [1.54, 1.807) is 25.1 Å². The average molecular weight is 347 g/mol. The maximum atomic E-state index is 12.3. The Labute approximate surface area is 149 Å². The van der Waals surface area contributed by atoms with Crippen LogP contribution >= 0.6 is 0 Å². The Morgan fingerprint density at radius 2 is 1.84 bits per heavy atom. The zero-order chi connectivity index (χ0) is 18.2. The van der Waals surface area contributed by atoms with E-state index >= 15 is 0 Å². The second kappa shape index (κ2) is 9.53. The van der Waals surface area contributed by atoms with Crippen LogP contribution < -0.4 is 16.0 Å². The van der Waals surface area contributed by atoms with Crippen molar-refractivity contribution in [1.82, 2.24) is 5.32 Å². The largest absolute Gasteiger partial charge is 0.372 e. The molecule has 2 amide bonds. The van der Waals surface area contributed by atoms with Gasteiger partial charge in [0.05, 0.1) is 0 Å². The van der Waals surface area contributed by atoms with E-state index in [0.29, 0.717) is 29.6 Å². The van der Waals surface area contributed by atoms with E-state index in [4.69, 9.17) is 4.74 Å². The molecule has 0 spiro atoms. The van der Waals surface area contributed by atoms with Crippen LogP contribution in [0.3, 0.4) is 0 Å². The van der Waals surface area contributed by atoms with E-state index in [9.17, 15) is 9.59 Å². The van der Waals surface area contributed by atoms with Crippen molar-refractivity contribution in [1.29, 1.82) is 0 Å². The first-order valence-electron chi connectivity index (χ1n) is 8.94. The monoisotopic (exact) mass is 347 g/mol. The average Bonchev–Trinajstić information content (AvgIpc) is 2.61. The maximum Gasteiger partial charge on any atom is 0.253 e. The van der Waals surface area contributed by atoms with Gasteiger partial charge in [0.25, 0.3) is 5.91 Å². The van der Waals surface area contributed by atoms with Gasteiger partial charge in [-0.05, 0) is 62.9 Å². The molecule has 1 aliphatic heterocycles. The van der Waals surface area contributed by atoms with Crippen molar-refractivity contribution in [2.75, 3.05) is 30.8 Å². The summed E-state index contributed by atoms with van der Waals surface area (Å²) >= 11 is 0. The standard InChI is InChI=1S/C19H29N3O3/c1-13(15-7-9-20-10-8-15)11-18(23)21-16-5-4-6-17(12-16)22-19(24)14(2)25-3/h4-6,12-15,20H,7-11H2,1-3H3,(H,21,23)(H,22,24). The molecule has 1 heterocycles. The summed E-state index contributed by atoms with van der Waals surface area (Å²) in [4.78, 5) is 24.2. The van der Waals surface area contributed by atoms with Crippen LogP contribution in [0.1, 0.15) is 33.1 Å². The number of benzene rings is 1. The maximum absolute atomic E-state index is 12.3. The van der Waals surface area contributed by atoms with Crippen LogP contribution in [-0.4, -0.2) is 38.1 Å². The smallest absolute Gasteiger partial charge is 0.253 e. The topological polar surface area (TPSA) is 79.5 Å². The fourth-order valence-corrected chi connectivity index (χ4v) is 3.11. The Balaban J connectivity index is 1.87. The fourth-order valence-electron chi connectivity index (χ4n) is 3.11. The highest BCUT2D eigenvalue weighted by Gasteiger charge is 2.22. The van der Waals surface area contributed by atoms with Crippen molar-refractivity contribution in [3.8, 4) is 0 Å². The number of methoxy groups -OCH3 is 1. The Bertz CT molecular complexity index is 585. The minimum absolute atomic E-state index is 0.0137. The molecule has 6 heteroatoms. The number of hydrogen-bond acceptors (Lipinski definition) is 4. The molecule has 0 saturated carbocycles. The highest BCUT2D eigenvalue weighted by atomic mass is 16.5. The van der Waals surface area contributed by atoms with Gasteiger partial charge in [-0.3, -0.25) is 9.59 Å². The highest BCUT2D eigenvalue weighted by molar-refractivity contribution is 5.95. The number of nitrogens with one attached hydrogen (secondary N) is 3. The van der Waals surface area contributed by atoms with Gasteiger partial charge in [-0.2, -0.15) is 0 Å². The summed E-state index contributed by atoms with van der Waals surface area (Å²) < 4.78 is 4.99. The first-order valence-corrected chi connectivity index (χ1v) is 8.94. The van der Waals surface area contributed by atoms with Gasteiger partial charge >= 0.3 is 0 Å². The summed E-state index contributed by atoms with van der Waals surface area (Å²) in [5.41, 5.74) is 1.32. The van der Waals surface area contributed by atoms with Crippen molar-refractivity contribution in [2.45, 2.75) is 39.2 Å². The van der Waals surface area contributed by atoms with Crippen LogP contribution in [0.25, 0.3) is 0 Å². The molecule has 0 bridgehead atoms. The molecule has 3 N–H and O–H groups in total. The van der Waals surface area contributed by atoms with E-state index in [1.165, 1.54) is 7.11 Å². The Morgan fingerprint density at radius 1 is 1.20 bits per heavy atom. The van der Waals surface area contributed by atoms with Gasteiger partial charge in [0, 0.05) is 24.9 Å². The molecular weight excluding hydrogens is 318 g/mol. The van der Waals surface area contributed by atoms with E-state index in [2.05, 4.69) is 22.9 Å². The Morgan fingerprint density at radius 3 is 2.48 bits per heavy atom. The quantitative estimate of drug-likeness (QED) is 0.708. The number of carbonyl (C=O) groups is 2. The number of anilines is 2. The number of ether oxygens (including phenoxy) is 1. The van der Waals surface area contributed by atoms with Gasteiger partial charge in [-0.1, -0.05) is 13.0 Å². The van der Waals surface area contributed by atoms with Crippen molar-refractivity contribution in [3.05, 3.63) is 24.3 Å². The molecule has 0 radical (unpaired) electrons. The van der Waals surface area contributed by atoms with E-state index in [-0.39, 0.29) is 11.8 Å². The molecule has 1 fully saturated rings. The lowest BCUT2D eigenvalue weighted by Gasteiger charge is -2.27. The second-order valence-electron chi connectivity index (χ2n) is 6.77. The molecule has 2 rings (SSSR count). The minimum atomic E-state index is -0.524.